The molecule has 0 bridgehead atoms. The van der Waals surface area contributed by atoms with Gasteiger partial charge in [-0.2, -0.15) is 0 Å². The van der Waals surface area contributed by atoms with E-state index in [9.17, 15) is 4.79 Å². The van der Waals surface area contributed by atoms with Crippen molar-refractivity contribution >= 4 is 22.7 Å². The van der Waals surface area contributed by atoms with E-state index in [1.165, 1.54) is 29.3 Å². The molecular weight excluding hydrogens is 324 g/mol. The average molecular weight is 342 g/mol. The smallest absolute Gasteiger partial charge is 0.336 e. The molecule has 124 valence electrons. The third-order valence-electron chi connectivity index (χ3n) is 4.35. The second kappa shape index (κ2) is 6.05. The SMILES string of the molecule is CC(C)n1nnnc1SCc1cc(=O)oc2cc3c(cc12)CCC3. The summed E-state index contributed by atoms with van der Waals surface area (Å²) in [6.45, 7) is 4.08. The fourth-order valence-corrected chi connectivity index (χ4v) is 4.16. The fourth-order valence-electron chi connectivity index (χ4n) is 3.16. The van der Waals surface area contributed by atoms with E-state index in [0.29, 0.717) is 11.3 Å². The zero-order valence-corrected chi connectivity index (χ0v) is 14.5. The molecule has 2 heterocycles. The molecule has 0 radical (unpaired) electrons. The second-order valence-corrected chi connectivity index (χ2v) is 7.29. The average Bonchev–Trinajstić information content (AvgIpc) is 3.19. The molecule has 0 aliphatic heterocycles. The molecule has 1 aliphatic rings. The topological polar surface area (TPSA) is 73.8 Å². The molecule has 0 saturated heterocycles. The number of fused-ring (bicyclic) bond motifs is 2. The summed E-state index contributed by atoms with van der Waals surface area (Å²) < 4.78 is 7.20. The summed E-state index contributed by atoms with van der Waals surface area (Å²) in [7, 11) is 0. The highest BCUT2D eigenvalue weighted by molar-refractivity contribution is 7.98. The predicted molar refractivity (Wildman–Crippen MR) is 92.3 cm³/mol. The van der Waals surface area contributed by atoms with Gasteiger partial charge >= 0.3 is 5.63 Å². The monoisotopic (exact) mass is 342 g/mol. The molecule has 0 spiro atoms. The van der Waals surface area contributed by atoms with Gasteiger partial charge in [-0.3, -0.25) is 0 Å². The third kappa shape index (κ3) is 2.73. The molecule has 1 aliphatic carbocycles. The molecule has 24 heavy (non-hydrogen) atoms. The van der Waals surface area contributed by atoms with Crippen LogP contribution in [-0.2, 0) is 18.6 Å². The fraction of sp³-hybridized carbons (Fsp3) is 0.412. The molecule has 0 saturated carbocycles. The highest BCUT2D eigenvalue weighted by Gasteiger charge is 2.16. The third-order valence-corrected chi connectivity index (χ3v) is 5.33. The van der Waals surface area contributed by atoms with Gasteiger partial charge in [0.25, 0.3) is 0 Å². The van der Waals surface area contributed by atoms with Crippen molar-refractivity contribution in [3.63, 3.8) is 0 Å². The van der Waals surface area contributed by atoms with Gasteiger partial charge in [-0.15, -0.1) is 5.10 Å². The van der Waals surface area contributed by atoms with Gasteiger partial charge in [0.2, 0.25) is 5.16 Å². The molecule has 0 atom stereocenters. The summed E-state index contributed by atoms with van der Waals surface area (Å²) >= 11 is 1.54. The zero-order chi connectivity index (χ0) is 16.7. The molecule has 0 fully saturated rings. The Kier molecular flexibility index (Phi) is 3.88. The normalized spacial score (nSPS) is 13.8. The van der Waals surface area contributed by atoms with Crippen LogP contribution in [0.3, 0.4) is 0 Å². The molecule has 7 heteroatoms. The molecule has 3 aromatic rings. The Morgan fingerprint density at radius 3 is 2.83 bits per heavy atom. The lowest BCUT2D eigenvalue weighted by Gasteiger charge is -2.09. The predicted octanol–water partition coefficient (Wildman–Crippen LogP) is 3.14. The number of tetrazole rings is 1. The van der Waals surface area contributed by atoms with Crippen LogP contribution in [0.5, 0.6) is 0 Å². The van der Waals surface area contributed by atoms with Gasteiger partial charge in [0.05, 0.1) is 6.04 Å². The van der Waals surface area contributed by atoms with Crippen LogP contribution in [0.15, 0.2) is 32.6 Å². The summed E-state index contributed by atoms with van der Waals surface area (Å²) in [5, 5.41) is 13.6. The summed E-state index contributed by atoms with van der Waals surface area (Å²) in [4.78, 5) is 11.9. The van der Waals surface area contributed by atoms with Gasteiger partial charge in [0, 0.05) is 17.2 Å². The van der Waals surface area contributed by atoms with E-state index < -0.39 is 0 Å². The molecule has 6 nitrogen and oxygen atoms in total. The first kappa shape index (κ1) is 15.4. The number of nitrogens with zero attached hydrogens (tertiary/aromatic N) is 4. The molecule has 1 aromatic carbocycles. The lowest BCUT2D eigenvalue weighted by atomic mass is 10.0. The summed E-state index contributed by atoms with van der Waals surface area (Å²) in [6, 6.07) is 6.00. The summed E-state index contributed by atoms with van der Waals surface area (Å²) in [6.07, 6.45) is 3.34. The molecule has 0 amide bonds. The van der Waals surface area contributed by atoms with Gasteiger partial charge < -0.3 is 4.42 Å². The van der Waals surface area contributed by atoms with Crippen molar-refractivity contribution in [3.8, 4) is 0 Å². The van der Waals surface area contributed by atoms with E-state index in [1.807, 2.05) is 19.9 Å². The Morgan fingerprint density at radius 1 is 1.25 bits per heavy atom. The van der Waals surface area contributed by atoms with Crippen molar-refractivity contribution in [3.05, 3.63) is 45.3 Å². The van der Waals surface area contributed by atoms with Crippen LogP contribution in [0.25, 0.3) is 11.0 Å². The van der Waals surface area contributed by atoms with Crippen molar-refractivity contribution in [2.24, 2.45) is 0 Å². The number of benzene rings is 1. The molecule has 0 unspecified atom stereocenters. The van der Waals surface area contributed by atoms with Gasteiger partial charge in [0.15, 0.2) is 0 Å². The standard InChI is InChI=1S/C17H18N4O2S/c1-10(2)21-17(18-19-20-21)24-9-13-8-16(22)23-15-7-12-5-3-4-11(12)6-14(13)15/h6-8,10H,3-5,9H2,1-2H3. The van der Waals surface area contributed by atoms with E-state index in [4.69, 9.17) is 4.42 Å². The Balaban J connectivity index is 1.71. The Morgan fingerprint density at radius 2 is 2.04 bits per heavy atom. The van der Waals surface area contributed by atoms with Gasteiger partial charge in [-0.1, -0.05) is 11.8 Å². The number of aryl methyl sites for hydroxylation is 2. The minimum Gasteiger partial charge on any atom is -0.423 e. The van der Waals surface area contributed by atoms with Crippen molar-refractivity contribution in [2.75, 3.05) is 0 Å². The van der Waals surface area contributed by atoms with Gasteiger partial charge in [-0.25, -0.2) is 9.48 Å². The molecule has 4 rings (SSSR count). The first-order valence-corrected chi connectivity index (χ1v) is 9.09. The number of rotatable bonds is 4. The zero-order valence-electron chi connectivity index (χ0n) is 13.7. The minimum atomic E-state index is -0.306. The molecule has 2 aromatic heterocycles. The first-order chi connectivity index (χ1) is 11.6. The first-order valence-electron chi connectivity index (χ1n) is 8.11. The summed E-state index contributed by atoms with van der Waals surface area (Å²) in [5.74, 6) is 0.633. The van der Waals surface area contributed by atoms with Crippen molar-refractivity contribution in [1.82, 2.24) is 20.2 Å². The number of thioether (sulfide) groups is 1. The van der Waals surface area contributed by atoms with Crippen LogP contribution in [0, 0.1) is 0 Å². The van der Waals surface area contributed by atoms with Crippen LogP contribution >= 0.6 is 11.8 Å². The molecule has 0 N–H and O–H groups in total. The van der Waals surface area contributed by atoms with Crippen LogP contribution in [0.2, 0.25) is 0 Å². The Hall–Kier alpha value is -2.15. The number of hydrogen-bond acceptors (Lipinski definition) is 6. The maximum Gasteiger partial charge on any atom is 0.336 e. The highest BCUT2D eigenvalue weighted by atomic mass is 32.2. The minimum absolute atomic E-state index is 0.198. The van der Waals surface area contributed by atoms with Crippen LogP contribution in [-0.4, -0.2) is 20.2 Å². The lowest BCUT2D eigenvalue weighted by molar-refractivity contribution is 0.477. The van der Waals surface area contributed by atoms with Crippen LogP contribution in [0.4, 0.5) is 0 Å². The maximum atomic E-state index is 11.9. The quantitative estimate of drug-likeness (QED) is 0.536. The summed E-state index contributed by atoms with van der Waals surface area (Å²) in [5.41, 5.74) is 4.02. The number of hydrogen-bond donors (Lipinski definition) is 0. The maximum absolute atomic E-state index is 11.9. The van der Waals surface area contributed by atoms with E-state index in [-0.39, 0.29) is 11.7 Å². The Bertz CT molecular complexity index is 961. The van der Waals surface area contributed by atoms with E-state index in [1.54, 1.807) is 10.7 Å². The van der Waals surface area contributed by atoms with E-state index >= 15 is 0 Å². The van der Waals surface area contributed by atoms with E-state index in [0.717, 1.165) is 28.9 Å². The van der Waals surface area contributed by atoms with Gasteiger partial charge in [-0.05, 0) is 72.4 Å². The van der Waals surface area contributed by atoms with E-state index in [2.05, 4.69) is 21.6 Å². The number of aromatic nitrogens is 4. The van der Waals surface area contributed by atoms with Crippen molar-refractivity contribution in [2.45, 2.75) is 50.1 Å². The van der Waals surface area contributed by atoms with Crippen molar-refractivity contribution in [1.29, 1.82) is 0 Å². The van der Waals surface area contributed by atoms with Crippen molar-refractivity contribution < 1.29 is 4.42 Å². The highest BCUT2D eigenvalue weighted by Crippen LogP contribution is 2.31. The van der Waals surface area contributed by atoms with Gasteiger partial charge in [0.1, 0.15) is 5.58 Å². The Labute approximate surface area is 143 Å². The lowest BCUT2D eigenvalue weighted by Crippen LogP contribution is -2.05. The van der Waals surface area contributed by atoms with Crippen LogP contribution < -0.4 is 5.63 Å². The van der Waals surface area contributed by atoms with Crippen LogP contribution in [0.1, 0.15) is 43.0 Å². The molecular formula is C17H18N4O2S. The second-order valence-electron chi connectivity index (χ2n) is 6.35. The largest absolute Gasteiger partial charge is 0.423 e.